The van der Waals surface area contributed by atoms with E-state index in [2.05, 4.69) is 5.43 Å². The molecule has 4 nitrogen and oxygen atoms in total. The van der Waals surface area contributed by atoms with Gasteiger partial charge in [0.2, 0.25) is 0 Å². The largest absolute Gasteiger partial charge is 0.351 e. The number of rotatable bonds is 9. The second-order valence-corrected chi connectivity index (χ2v) is 4.07. The highest BCUT2D eigenvalue weighted by Gasteiger charge is 2.26. The van der Waals surface area contributed by atoms with Crippen LogP contribution in [-0.4, -0.2) is 25.5 Å². The van der Waals surface area contributed by atoms with Crippen LogP contribution in [0.4, 0.5) is 0 Å². The molecule has 0 saturated heterocycles. The molecule has 1 aliphatic rings. The molecular formula is C11H24N2O2. The van der Waals surface area contributed by atoms with E-state index in [0.29, 0.717) is 13.2 Å². The van der Waals surface area contributed by atoms with Crippen LogP contribution >= 0.6 is 0 Å². The van der Waals surface area contributed by atoms with E-state index in [0.717, 1.165) is 12.3 Å². The highest BCUT2D eigenvalue weighted by Crippen LogP contribution is 2.34. The number of hydrazine groups is 1. The fourth-order valence-corrected chi connectivity index (χ4v) is 1.73. The summed E-state index contributed by atoms with van der Waals surface area (Å²) in [6.07, 6.45) is 4.82. The van der Waals surface area contributed by atoms with Crippen molar-refractivity contribution in [2.24, 2.45) is 11.8 Å². The van der Waals surface area contributed by atoms with Crippen molar-refractivity contribution < 1.29 is 9.47 Å². The molecule has 1 fully saturated rings. The van der Waals surface area contributed by atoms with Crippen LogP contribution in [0.2, 0.25) is 0 Å². The van der Waals surface area contributed by atoms with Crippen molar-refractivity contribution in [3.63, 3.8) is 0 Å². The van der Waals surface area contributed by atoms with Gasteiger partial charge in [0, 0.05) is 13.2 Å². The van der Waals surface area contributed by atoms with Crippen molar-refractivity contribution in [1.29, 1.82) is 0 Å². The first-order chi connectivity index (χ1) is 7.31. The van der Waals surface area contributed by atoms with E-state index >= 15 is 0 Å². The van der Waals surface area contributed by atoms with Crippen molar-refractivity contribution in [3.05, 3.63) is 0 Å². The SMILES string of the molecule is CCOC(OCC)C(CCC1CC1)NN. The molecule has 1 atom stereocenters. The number of hydrogen-bond acceptors (Lipinski definition) is 4. The Morgan fingerprint density at radius 3 is 2.27 bits per heavy atom. The zero-order chi connectivity index (χ0) is 11.1. The third-order valence-corrected chi connectivity index (χ3v) is 2.79. The lowest BCUT2D eigenvalue weighted by Gasteiger charge is -2.26. The Labute approximate surface area is 92.5 Å². The van der Waals surface area contributed by atoms with Gasteiger partial charge in [0.1, 0.15) is 0 Å². The number of ether oxygens (including phenoxy) is 2. The van der Waals surface area contributed by atoms with E-state index < -0.39 is 0 Å². The predicted octanol–water partition coefficient (Wildman–Crippen LogP) is 1.41. The van der Waals surface area contributed by atoms with Crippen molar-refractivity contribution in [2.45, 2.75) is 51.9 Å². The van der Waals surface area contributed by atoms with Crippen LogP contribution in [0.1, 0.15) is 39.5 Å². The average molecular weight is 216 g/mol. The standard InChI is InChI=1S/C11H24N2O2/c1-3-14-11(15-4-2)10(13-12)8-7-9-5-6-9/h9-11,13H,3-8,12H2,1-2H3. The number of nitrogens with two attached hydrogens (primary N) is 1. The fraction of sp³-hybridized carbons (Fsp3) is 1.00. The van der Waals surface area contributed by atoms with Crippen LogP contribution in [0.25, 0.3) is 0 Å². The summed E-state index contributed by atoms with van der Waals surface area (Å²) in [5, 5.41) is 0. The molecule has 0 aromatic carbocycles. The molecule has 1 aliphatic carbocycles. The van der Waals surface area contributed by atoms with Crippen molar-refractivity contribution in [3.8, 4) is 0 Å². The van der Waals surface area contributed by atoms with Gasteiger partial charge in [-0.2, -0.15) is 0 Å². The van der Waals surface area contributed by atoms with Crippen molar-refractivity contribution in [2.75, 3.05) is 13.2 Å². The van der Waals surface area contributed by atoms with Crippen LogP contribution in [0.15, 0.2) is 0 Å². The molecule has 0 heterocycles. The van der Waals surface area contributed by atoms with Gasteiger partial charge < -0.3 is 9.47 Å². The predicted molar refractivity (Wildman–Crippen MR) is 60.1 cm³/mol. The van der Waals surface area contributed by atoms with Crippen LogP contribution in [0.3, 0.4) is 0 Å². The molecule has 3 N–H and O–H groups in total. The van der Waals surface area contributed by atoms with Gasteiger partial charge in [-0.25, -0.2) is 0 Å². The maximum Gasteiger partial charge on any atom is 0.173 e. The fourth-order valence-electron chi connectivity index (χ4n) is 1.73. The third kappa shape index (κ3) is 4.93. The lowest BCUT2D eigenvalue weighted by molar-refractivity contribution is -0.155. The lowest BCUT2D eigenvalue weighted by Crippen LogP contribution is -2.46. The molecular weight excluding hydrogens is 192 g/mol. The maximum atomic E-state index is 5.53. The van der Waals surface area contributed by atoms with E-state index in [1.165, 1.54) is 19.3 Å². The average Bonchev–Trinajstić information content (AvgIpc) is 3.03. The number of nitrogens with one attached hydrogen (secondary N) is 1. The summed E-state index contributed by atoms with van der Waals surface area (Å²) in [6, 6.07) is 0.116. The summed E-state index contributed by atoms with van der Waals surface area (Å²) < 4.78 is 11.0. The van der Waals surface area contributed by atoms with Gasteiger partial charge in [-0.3, -0.25) is 11.3 Å². The first-order valence-corrected chi connectivity index (χ1v) is 6.01. The highest BCUT2D eigenvalue weighted by atomic mass is 16.7. The van der Waals surface area contributed by atoms with Gasteiger partial charge in [0.25, 0.3) is 0 Å². The van der Waals surface area contributed by atoms with Crippen LogP contribution < -0.4 is 11.3 Å². The van der Waals surface area contributed by atoms with Gasteiger partial charge in [0.05, 0.1) is 6.04 Å². The lowest BCUT2D eigenvalue weighted by atomic mass is 10.1. The van der Waals surface area contributed by atoms with E-state index in [-0.39, 0.29) is 12.3 Å². The Morgan fingerprint density at radius 1 is 1.27 bits per heavy atom. The second-order valence-electron chi connectivity index (χ2n) is 4.07. The Balaban J connectivity index is 2.28. The Morgan fingerprint density at radius 2 is 1.87 bits per heavy atom. The highest BCUT2D eigenvalue weighted by molar-refractivity contribution is 4.77. The minimum atomic E-state index is -0.205. The van der Waals surface area contributed by atoms with E-state index in [9.17, 15) is 0 Å². The van der Waals surface area contributed by atoms with Crippen molar-refractivity contribution >= 4 is 0 Å². The summed E-state index contributed by atoms with van der Waals surface area (Å²) >= 11 is 0. The monoisotopic (exact) mass is 216 g/mol. The van der Waals surface area contributed by atoms with Crippen molar-refractivity contribution in [1.82, 2.24) is 5.43 Å². The molecule has 1 unspecified atom stereocenters. The molecule has 1 saturated carbocycles. The Kier molecular flexibility index (Phi) is 6.17. The molecule has 0 spiro atoms. The number of hydrogen-bond donors (Lipinski definition) is 2. The normalized spacial score (nSPS) is 18.4. The minimum Gasteiger partial charge on any atom is -0.351 e. The summed E-state index contributed by atoms with van der Waals surface area (Å²) in [5.74, 6) is 6.45. The molecule has 0 aromatic heterocycles. The summed E-state index contributed by atoms with van der Waals surface area (Å²) in [7, 11) is 0. The Hall–Kier alpha value is -0.160. The van der Waals surface area contributed by atoms with Gasteiger partial charge >= 0.3 is 0 Å². The summed E-state index contributed by atoms with van der Waals surface area (Å²) in [6.45, 7) is 5.26. The molecule has 0 aliphatic heterocycles. The molecule has 4 heteroatoms. The quantitative estimate of drug-likeness (QED) is 0.347. The van der Waals surface area contributed by atoms with Gasteiger partial charge in [-0.15, -0.1) is 0 Å². The maximum absolute atomic E-state index is 5.53. The van der Waals surface area contributed by atoms with Gasteiger partial charge in [-0.05, 0) is 32.6 Å². The molecule has 0 aromatic rings. The van der Waals surface area contributed by atoms with Crippen LogP contribution in [-0.2, 0) is 9.47 Å². The second kappa shape index (κ2) is 7.17. The molecule has 1 rings (SSSR count). The van der Waals surface area contributed by atoms with Gasteiger partial charge in [-0.1, -0.05) is 12.8 Å². The summed E-state index contributed by atoms with van der Waals surface area (Å²) in [4.78, 5) is 0. The first-order valence-electron chi connectivity index (χ1n) is 6.01. The molecule has 90 valence electrons. The Bertz CT molecular complexity index is 157. The zero-order valence-electron chi connectivity index (χ0n) is 9.87. The molecule has 0 amide bonds. The van der Waals surface area contributed by atoms with Crippen LogP contribution in [0, 0.1) is 5.92 Å². The molecule has 0 bridgehead atoms. The van der Waals surface area contributed by atoms with Gasteiger partial charge in [0.15, 0.2) is 6.29 Å². The smallest absolute Gasteiger partial charge is 0.173 e. The van der Waals surface area contributed by atoms with E-state index in [1.807, 2.05) is 13.8 Å². The topological polar surface area (TPSA) is 56.5 Å². The minimum absolute atomic E-state index is 0.116. The zero-order valence-corrected chi connectivity index (χ0v) is 9.87. The van der Waals surface area contributed by atoms with E-state index in [1.54, 1.807) is 0 Å². The van der Waals surface area contributed by atoms with Crippen LogP contribution in [0.5, 0.6) is 0 Å². The first kappa shape index (κ1) is 12.9. The van der Waals surface area contributed by atoms with E-state index in [4.69, 9.17) is 15.3 Å². The molecule has 0 radical (unpaired) electrons. The summed E-state index contributed by atoms with van der Waals surface area (Å²) in [5.41, 5.74) is 2.80. The third-order valence-electron chi connectivity index (χ3n) is 2.79. The molecule has 15 heavy (non-hydrogen) atoms.